The number of carbonyl (C=O) groups is 1. The van der Waals surface area contributed by atoms with Gasteiger partial charge in [0.25, 0.3) is 5.56 Å². The van der Waals surface area contributed by atoms with Crippen LogP contribution >= 0.6 is 34.5 Å². The number of aliphatic carboxylic acids is 1. The Hall–Kier alpha value is -3.33. The lowest BCUT2D eigenvalue weighted by atomic mass is 10.0. The number of halogens is 2. The van der Waals surface area contributed by atoms with E-state index < -0.39 is 5.97 Å². The molecular formula is C23H16Cl2N4O3S. The second-order valence-electron chi connectivity index (χ2n) is 7.43. The second-order valence-corrected chi connectivity index (χ2v) is 9.10. The van der Waals surface area contributed by atoms with Gasteiger partial charge < -0.3 is 20.4 Å². The van der Waals surface area contributed by atoms with Crippen molar-refractivity contribution >= 4 is 73.1 Å². The number of aromatic nitrogens is 3. The Morgan fingerprint density at radius 2 is 1.97 bits per heavy atom. The van der Waals surface area contributed by atoms with Crippen LogP contribution in [0.25, 0.3) is 33.1 Å². The number of thiazole rings is 1. The maximum absolute atomic E-state index is 12.5. The molecule has 5 rings (SSSR count). The standard InChI is InChI=1S/C23H16Cl2N4O3S/c24-14-2-1-3-15(25)20(14)29-23-28-17(10-33-23)11-4-6-16-13(8-11)19-12(5-7-18(30)31)9-26-21(19)22(32)27-16/h1-4,6,8-10,26H,5,7H2,(H,27,32)(H,28,29)(H,30,31). The highest BCUT2D eigenvalue weighted by Gasteiger charge is 2.15. The fraction of sp³-hybridized carbons (Fsp3) is 0.0870. The molecule has 0 aliphatic carbocycles. The molecule has 0 unspecified atom stereocenters. The van der Waals surface area contributed by atoms with Crippen LogP contribution in [0.5, 0.6) is 0 Å². The van der Waals surface area contributed by atoms with E-state index in [0.29, 0.717) is 38.3 Å². The molecule has 0 amide bonds. The number of pyridine rings is 1. The van der Waals surface area contributed by atoms with E-state index in [0.717, 1.165) is 27.6 Å². The van der Waals surface area contributed by atoms with Crippen LogP contribution in [0.1, 0.15) is 12.0 Å². The number of carboxylic acids is 1. The van der Waals surface area contributed by atoms with Crippen LogP contribution in [0.3, 0.4) is 0 Å². The molecule has 3 heterocycles. The zero-order chi connectivity index (χ0) is 23.1. The minimum atomic E-state index is -0.889. The second kappa shape index (κ2) is 8.55. The van der Waals surface area contributed by atoms with E-state index in [2.05, 4.69) is 20.3 Å². The minimum absolute atomic E-state index is 0.0212. The van der Waals surface area contributed by atoms with Crippen molar-refractivity contribution in [3.63, 3.8) is 0 Å². The molecule has 10 heteroatoms. The topological polar surface area (TPSA) is 111 Å². The third-order valence-corrected chi connectivity index (χ3v) is 6.72. The van der Waals surface area contributed by atoms with Crippen LogP contribution in [0.4, 0.5) is 10.8 Å². The van der Waals surface area contributed by atoms with E-state index in [9.17, 15) is 9.59 Å². The Morgan fingerprint density at radius 3 is 2.73 bits per heavy atom. The summed E-state index contributed by atoms with van der Waals surface area (Å²) in [5, 5.41) is 17.3. The molecule has 166 valence electrons. The van der Waals surface area contributed by atoms with Crippen molar-refractivity contribution in [1.29, 1.82) is 0 Å². The fourth-order valence-corrected chi connectivity index (χ4v) is 5.00. The summed E-state index contributed by atoms with van der Waals surface area (Å²) in [5.41, 5.74) is 3.83. The zero-order valence-corrected chi connectivity index (χ0v) is 19.2. The number of H-pyrrole nitrogens is 2. The number of aromatic amines is 2. The number of fused-ring (bicyclic) bond motifs is 3. The van der Waals surface area contributed by atoms with Crippen molar-refractivity contribution in [3.8, 4) is 11.3 Å². The summed E-state index contributed by atoms with van der Waals surface area (Å²) in [6, 6.07) is 10.9. The van der Waals surface area contributed by atoms with Crippen LogP contribution in [-0.2, 0) is 11.2 Å². The van der Waals surface area contributed by atoms with Gasteiger partial charge in [0.15, 0.2) is 5.13 Å². The first kappa shape index (κ1) is 21.5. The summed E-state index contributed by atoms with van der Waals surface area (Å²) in [5.74, 6) is -0.889. The molecule has 7 nitrogen and oxygen atoms in total. The first-order valence-corrected chi connectivity index (χ1v) is 11.6. The first-order valence-electron chi connectivity index (χ1n) is 9.95. The normalized spacial score (nSPS) is 11.3. The van der Waals surface area contributed by atoms with E-state index in [1.54, 1.807) is 24.4 Å². The molecule has 3 aromatic heterocycles. The molecule has 33 heavy (non-hydrogen) atoms. The van der Waals surface area contributed by atoms with Gasteiger partial charge >= 0.3 is 5.97 Å². The summed E-state index contributed by atoms with van der Waals surface area (Å²) >= 11 is 13.9. The molecule has 0 atom stereocenters. The maximum Gasteiger partial charge on any atom is 0.303 e. The highest BCUT2D eigenvalue weighted by Crippen LogP contribution is 2.36. The average Bonchev–Trinajstić information content (AvgIpc) is 3.43. The highest BCUT2D eigenvalue weighted by atomic mass is 35.5. The number of hydrogen-bond acceptors (Lipinski definition) is 5. The van der Waals surface area contributed by atoms with Crippen molar-refractivity contribution in [2.45, 2.75) is 12.8 Å². The van der Waals surface area contributed by atoms with Gasteiger partial charge in [-0.2, -0.15) is 0 Å². The zero-order valence-electron chi connectivity index (χ0n) is 16.9. The molecule has 4 N–H and O–H groups in total. The molecule has 0 saturated carbocycles. The Morgan fingerprint density at radius 1 is 1.18 bits per heavy atom. The molecule has 0 aliphatic rings. The molecule has 5 aromatic rings. The number of anilines is 2. The van der Waals surface area contributed by atoms with Gasteiger partial charge in [-0.1, -0.05) is 35.3 Å². The lowest BCUT2D eigenvalue weighted by Gasteiger charge is -2.07. The third kappa shape index (κ3) is 4.08. The van der Waals surface area contributed by atoms with Gasteiger partial charge in [-0.15, -0.1) is 11.3 Å². The number of rotatable bonds is 6. The van der Waals surface area contributed by atoms with E-state index in [-0.39, 0.29) is 12.0 Å². The summed E-state index contributed by atoms with van der Waals surface area (Å²) in [6.07, 6.45) is 2.00. The Labute approximate surface area is 201 Å². The van der Waals surface area contributed by atoms with Gasteiger partial charge in [0.1, 0.15) is 5.52 Å². The molecule has 2 aromatic carbocycles. The van der Waals surface area contributed by atoms with Crippen molar-refractivity contribution in [3.05, 3.63) is 73.9 Å². The Bertz CT molecular complexity index is 1570. The monoisotopic (exact) mass is 498 g/mol. The molecule has 0 bridgehead atoms. The highest BCUT2D eigenvalue weighted by molar-refractivity contribution is 7.14. The van der Waals surface area contributed by atoms with Gasteiger partial charge in [-0.3, -0.25) is 9.59 Å². The Balaban J connectivity index is 1.56. The molecule has 0 radical (unpaired) electrons. The predicted molar refractivity (Wildman–Crippen MR) is 133 cm³/mol. The van der Waals surface area contributed by atoms with Gasteiger partial charge in [0.05, 0.1) is 21.4 Å². The predicted octanol–water partition coefficient (Wildman–Crippen LogP) is 6.20. The van der Waals surface area contributed by atoms with Gasteiger partial charge in [-0.25, -0.2) is 4.98 Å². The van der Waals surface area contributed by atoms with E-state index in [4.69, 9.17) is 28.3 Å². The summed E-state index contributed by atoms with van der Waals surface area (Å²) in [6.45, 7) is 0. The van der Waals surface area contributed by atoms with Crippen LogP contribution < -0.4 is 10.9 Å². The minimum Gasteiger partial charge on any atom is -0.481 e. The van der Waals surface area contributed by atoms with E-state index >= 15 is 0 Å². The number of hydrogen-bond donors (Lipinski definition) is 4. The number of nitrogens with zero attached hydrogens (tertiary/aromatic N) is 1. The fourth-order valence-electron chi connectivity index (χ4n) is 3.78. The Kier molecular flexibility index (Phi) is 5.57. The summed E-state index contributed by atoms with van der Waals surface area (Å²) < 4.78 is 0. The van der Waals surface area contributed by atoms with Crippen molar-refractivity contribution in [2.24, 2.45) is 0 Å². The van der Waals surface area contributed by atoms with Crippen LogP contribution in [0, 0.1) is 0 Å². The molecule has 0 spiro atoms. The van der Waals surface area contributed by atoms with Crippen molar-refractivity contribution in [2.75, 3.05) is 5.32 Å². The van der Waals surface area contributed by atoms with Crippen LogP contribution in [-0.4, -0.2) is 26.0 Å². The SMILES string of the molecule is O=C(O)CCc1c[nH]c2c(=O)[nH]c3ccc(-c4csc(Nc5c(Cl)cccc5Cl)n4)cc3c12. The first-order chi connectivity index (χ1) is 15.9. The van der Waals surface area contributed by atoms with Gasteiger partial charge in [0.2, 0.25) is 0 Å². The largest absolute Gasteiger partial charge is 0.481 e. The number of nitrogens with one attached hydrogen (secondary N) is 3. The molecular weight excluding hydrogens is 483 g/mol. The number of para-hydroxylation sites is 1. The van der Waals surface area contributed by atoms with E-state index in [1.165, 1.54) is 11.3 Å². The maximum atomic E-state index is 12.5. The quantitative estimate of drug-likeness (QED) is 0.222. The van der Waals surface area contributed by atoms with Gasteiger partial charge in [0, 0.05) is 39.9 Å². The van der Waals surface area contributed by atoms with Crippen LogP contribution in [0.2, 0.25) is 10.0 Å². The van der Waals surface area contributed by atoms with E-state index in [1.807, 2.05) is 23.6 Å². The van der Waals surface area contributed by atoms with Gasteiger partial charge in [-0.05, 0) is 36.2 Å². The average molecular weight is 499 g/mol. The number of carboxylic acid groups (broad SMARTS) is 1. The van der Waals surface area contributed by atoms with Crippen molar-refractivity contribution < 1.29 is 9.90 Å². The smallest absolute Gasteiger partial charge is 0.303 e. The lowest BCUT2D eigenvalue weighted by molar-refractivity contribution is -0.136. The van der Waals surface area contributed by atoms with Crippen molar-refractivity contribution in [1.82, 2.24) is 15.0 Å². The molecule has 0 saturated heterocycles. The molecule has 0 fully saturated rings. The number of benzene rings is 2. The summed E-state index contributed by atoms with van der Waals surface area (Å²) in [4.78, 5) is 34.1. The third-order valence-electron chi connectivity index (χ3n) is 5.33. The lowest BCUT2D eigenvalue weighted by Crippen LogP contribution is -2.06. The van der Waals surface area contributed by atoms with Crippen LogP contribution in [0.15, 0.2) is 52.8 Å². The number of aryl methyl sites for hydroxylation is 1. The summed E-state index contributed by atoms with van der Waals surface area (Å²) in [7, 11) is 0. The molecule has 0 aliphatic heterocycles.